The molecule has 0 saturated carbocycles. The van der Waals surface area contributed by atoms with Gasteiger partial charge in [-0.15, -0.1) is 0 Å². The fraction of sp³-hybridized carbons (Fsp3) is 0.250. The number of aromatic nitrogens is 3. The average Bonchev–Trinajstić information content (AvgIpc) is 3.15. The van der Waals surface area contributed by atoms with Crippen LogP contribution in [0.2, 0.25) is 5.02 Å². The van der Waals surface area contributed by atoms with Gasteiger partial charge < -0.3 is 10.1 Å². The van der Waals surface area contributed by atoms with Crippen LogP contribution in [0.4, 0.5) is 5.82 Å². The Balaban J connectivity index is 1.64. The Labute approximate surface area is 184 Å². The number of carbonyl (C=O) groups excluding carboxylic acids is 1. The quantitative estimate of drug-likeness (QED) is 0.625. The van der Waals surface area contributed by atoms with Crippen molar-refractivity contribution in [2.24, 2.45) is 0 Å². The van der Waals surface area contributed by atoms with Gasteiger partial charge in [0.1, 0.15) is 5.82 Å². The Morgan fingerprint density at radius 1 is 1.16 bits per heavy atom. The molecule has 0 spiro atoms. The molecule has 1 saturated heterocycles. The number of sulfonamides is 1. The summed E-state index contributed by atoms with van der Waals surface area (Å²) < 4.78 is 33.9. The van der Waals surface area contributed by atoms with Crippen LogP contribution in [0.3, 0.4) is 0 Å². The highest BCUT2D eigenvalue weighted by Gasteiger charge is 2.28. The number of anilines is 1. The zero-order valence-corrected chi connectivity index (χ0v) is 18.2. The van der Waals surface area contributed by atoms with Crippen LogP contribution >= 0.6 is 11.6 Å². The lowest BCUT2D eigenvalue weighted by Gasteiger charge is -2.26. The van der Waals surface area contributed by atoms with Crippen molar-refractivity contribution >= 4 is 33.3 Å². The van der Waals surface area contributed by atoms with E-state index in [0.717, 1.165) is 0 Å². The number of hydrogen-bond acceptors (Lipinski definition) is 6. The third kappa shape index (κ3) is 4.47. The molecule has 0 unspecified atom stereocenters. The topological polar surface area (TPSA) is 106 Å². The molecule has 0 radical (unpaired) electrons. The minimum atomic E-state index is -3.77. The largest absolute Gasteiger partial charge is 0.379 e. The number of ether oxygens (including phenoxy) is 1. The first-order chi connectivity index (χ1) is 14.9. The van der Waals surface area contributed by atoms with E-state index in [1.807, 2.05) is 6.07 Å². The number of nitrogens with zero attached hydrogens (tertiary/aromatic N) is 4. The van der Waals surface area contributed by atoms with Crippen molar-refractivity contribution in [1.29, 1.82) is 0 Å². The molecule has 4 rings (SSSR count). The number of nitrogens with one attached hydrogen (secondary N) is 1. The molecular formula is C20H20ClN5O4S. The maximum absolute atomic E-state index is 13.0. The molecule has 1 aromatic carbocycles. The van der Waals surface area contributed by atoms with Crippen molar-refractivity contribution in [3.8, 4) is 5.82 Å². The third-order valence-corrected chi connectivity index (χ3v) is 6.95. The second-order valence-electron chi connectivity index (χ2n) is 6.88. The Morgan fingerprint density at radius 3 is 2.65 bits per heavy atom. The first-order valence-electron chi connectivity index (χ1n) is 9.53. The van der Waals surface area contributed by atoms with Gasteiger partial charge in [0.15, 0.2) is 5.82 Å². The van der Waals surface area contributed by atoms with Crippen LogP contribution in [0.5, 0.6) is 0 Å². The molecule has 31 heavy (non-hydrogen) atoms. The molecule has 3 heterocycles. The van der Waals surface area contributed by atoms with Gasteiger partial charge in [0.25, 0.3) is 5.91 Å². The lowest BCUT2D eigenvalue weighted by Crippen LogP contribution is -2.40. The summed E-state index contributed by atoms with van der Waals surface area (Å²) in [5.41, 5.74) is 0.720. The van der Waals surface area contributed by atoms with Crippen LogP contribution in [0.25, 0.3) is 5.82 Å². The minimum Gasteiger partial charge on any atom is -0.379 e. The second kappa shape index (κ2) is 8.75. The molecule has 162 valence electrons. The monoisotopic (exact) mass is 461 g/mol. The number of hydrogen-bond donors (Lipinski definition) is 1. The highest BCUT2D eigenvalue weighted by Crippen LogP contribution is 2.25. The summed E-state index contributed by atoms with van der Waals surface area (Å²) in [5, 5.41) is 7.25. The zero-order valence-electron chi connectivity index (χ0n) is 16.7. The Kier molecular flexibility index (Phi) is 6.05. The first kappa shape index (κ1) is 21.4. The lowest BCUT2D eigenvalue weighted by atomic mass is 10.2. The van der Waals surface area contributed by atoms with Gasteiger partial charge in [-0.3, -0.25) is 4.79 Å². The van der Waals surface area contributed by atoms with Gasteiger partial charge >= 0.3 is 0 Å². The number of morpholine rings is 1. The van der Waals surface area contributed by atoms with E-state index in [1.165, 1.54) is 27.2 Å². The van der Waals surface area contributed by atoms with Crippen LogP contribution < -0.4 is 5.32 Å². The average molecular weight is 462 g/mol. The van der Waals surface area contributed by atoms with E-state index in [9.17, 15) is 13.2 Å². The van der Waals surface area contributed by atoms with Crippen molar-refractivity contribution in [3.05, 3.63) is 64.9 Å². The summed E-state index contributed by atoms with van der Waals surface area (Å²) in [6, 6.07) is 11.1. The molecule has 1 aliphatic rings. The molecule has 1 N–H and O–H groups in total. The summed E-state index contributed by atoms with van der Waals surface area (Å²) in [7, 11) is -3.77. The molecule has 0 atom stereocenters. The van der Waals surface area contributed by atoms with Gasteiger partial charge in [-0.2, -0.15) is 14.1 Å². The van der Waals surface area contributed by atoms with E-state index < -0.39 is 15.9 Å². The summed E-state index contributed by atoms with van der Waals surface area (Å²) >= 11 is 6.23. The molecule has 1 fully saturated rings. The normalized spacial score (nSPS) is 15.0. The number of rotatable bonds is 5. The first-order valence-corrected chi connectivity index (χ1v) is 11.3. The van der Waals surface area contributed by atoms with Gasteiger partial charge in [0, 0.05) is 25.4 Å². The van der Waals surface area contributed by atoms with E-state index in [4.69, 9.17) is 16.3 Å². The van der Waals surface area contributed by atoms with Crippen LogP contribution in [0.15, 0.2) is 53.6 Å². The number of pyridine rings is 1. The van der Waals surface area contributed by atoms with Gasteiger partial charge in [-0.1, -0.05) is 17.7 Å². The summed E-state index contributed by atoms with van der Waals surface area (Å²) in [4.78, 5) is 17.2. The third-order valence-electron chi connectivity index (χ3n) is 4.73. The summed E-state index contributed by atoms with van der Waals surface area (Å²) in [6.07, 6.45) is 1.62. The SMILES string of the molecule is Cc1cc(NC(=O)c2cc(S(=O)(=O)N3CCOCC3)ccc2Cl)n(-c2ccccn2)n1. The maximum atomic E-state index is 13.0. The Bertz CT molecular complexity index is 1210. The minimum absolute atomic E-state index is 0.00151. The zero-order chi connectivity index (χ0) is 22.0. The number of halogens is 1. The Hall–Kier alpha value is -2.79. The van der Waals surface area contributed by atoms with E-state index in [0.29, 0.717) is 30.5 Å². The van der Waals surface area contributed by atoms with Crippen LogP contribution in [0.1, 0.15) is 16.1 Å². The predicted molar refractivity (Wildman–Crippen MR) is 115 cm³/mol. The van der Waals surface area contributed by atoms with Gasteiger partial charge in [0.2, 0.25) is 10.0 Å². The molecule has 2 aromatic heterocycles. The van der Waals surface area contributed by atoms with Crippen molar-refractivity contribution < 1.29 is 17.9 Å². The molecule has 3 aromatic rings. The van der Waals surface area contributed by atoms with Crippen LogP contribution in [-0.4, -0.2) is 59.7 Å². The van der Waals surface area contributed by atoms with Crippen molar-refractivity contribution in [1.82, 2.24) is 19.1 Å². The Morgan fingerprint density at radius 2 is 1.94 bits per heavy atom. The fourth-order valence-corrected chi connectivity index (χ4v) is 4.84. The number of aryl methyl sites for hydroxylation is 1. The van der Waals surface area contributed by atoms with E-state index >= 15 is 0 Å². The van der Waals surface area contributed by atoms with Gasteiger partial charge in [-0.25, -0.2) is 13.4 Å². The molecular weight excluding hydrogens is 442 g/mol. The summed E-state index contributed by atoms with van der Waals surface area (Å²) in [6.45, 7) is 2.97. The standard InChI is InChI=1S/C20H20ClN5O4S/c1-14-12-19(26(24-14)18-4-2-3-7-22-18)23-20(27)16-13-15(5-6-17(16)21)31(28,29)25-8-10-30-11-9-25/h2-7,12-13H,8-11H2,1H3,(H,23,27). The predicted octanol–water partition coefficient (Wildman–Crippen LogP) is 2.50. The van der Waals surface area contributed by atoms with Crippen LogP contribution in [-0.2, 0) is 14.8 Å². The van der Waals surface area contributed by atoms with E-state index in [2.05, 4.69) is 15.4 Å². The highest BCUT2D eigenvalue weighted by atomic mass is 35.5. The highest BCUT2D eigenvalue weighted by molar-refractivity contribution is 7.89. The van der Waals surface area contributed by atoms with Crippen molar-refractivity contribution in [3.63, 3.8) is 0 Å². The maximum Gasteiger partial charge on any atom is 0.258 e. The van der Waals surface area contributed by atoms with Gasteiger partial charge in [0.05, 0.1) is 34.4 Å². The van der Waals surface area contributed by atoms with Crippen molar-refractivity contribution in [2.75, 3.05) is 31.6 Å². The van der Waals surface area contributed by atoms with Crippen molar-refractivity contribution in [2.45, 2.75) is 11.8 Å². The molecule has 11 heteroatoms. The van der Waals surface area contributed by atoms with Gasteiger partial charge in [-0.05, 0) is 37.3 Å². The molecule has 1 aliphatic heterocycles. The fourth-order valence-electron chi connectivity index (χ4n) is 3.20. The lowest BCUT2D eigenvalue weighted by molar-refractivity contribution is 0.0730. The van der Waals surface area contributed by atoms with Crippen LogP contribution in [0, 0.1) is 6.92 Å². The molecule has 0 aliphatic carbocycles. The van der Waals surface area contributed by atoms with E-state index in [-0.39, 0.29) is 28.6 Å². The molecule has 9 nitrogen and oxygen atoms in total. The number of carbonyl (C=O) groups is 1. The summed E-state index contributed by atoms with van der Waals surface area (Å²) in [5.74, 6) is 0.362. The number of amides is 1. The second-order valence-corrected chi connectivity index (χ2v) is 9.23. The number of benzene rings is 1. The smallest absolute Gasteiger partial charge is 0.258 e. The molecule has 1 amide bonds. The van der Waals surface area contributed by atoms with E-state index in [1.54, 1.807) is 31.3 Å². The molecule has 0 bridgehead atoms.